The zero-order chi connectivity index (χ0) is 17.6. The molecule has 0 aromatic heterocycles. The van der Waals surface area contributed by atoms with Crippen molar-refractivity contribution in [3.63, 3.8) is 0 Å². The number of carbonyl (C=O) groups is 2. The molecule has 2 aliphatic heterocycles. The van der Waals surface area contributed by atoms with Crippen LogP contribution in [0.4, 0.5) is 0 Å². The molecule has 1 saturated carbocycles. The first kappa shape index (κ1) is 18.6. The second kappa shape index (κ2) is 8.99. The number of piperidine rings is 1. The maximum Gasteiger partial charge on any atom is 0.248 e. The zero-order valence-corrected chi connectivity index (χ0v) is 15.6. The van der Waals surface area contributed by atoms with Crippen molar-refractivity contribution in [2.45, 2.75) is 51.5 Å². The Kier molecular flexibility index (Phi) is 6.70. The molecule has 1 aliphatic carbocycles. The van der Waals surface area contributed by atoms with Gasteiger partial charge in [0.2, 0.25) is 11.8 Å². The quantitative estimate of drug-likeness (QED) is 0.662. The summed E-state index contributed by atoms with van der Waals surface area (Å²) in [6, 6.07) is 0.184. The lowest BCUT2D eigenvalue weighted by molar-refractivity contribution is -0.138. The van der Waals surface area contributed by atoms with Crippen molar-refractivity contribution in [2.24, 2.45) is 5.92 Å². The van der Waals surface area contributed by atoms with Gasteiger partial charge in [0.1, 0.15) is 6.61 Å². The van der Waals surface area contributed by atoms with E-state index in [-0.39, 0.29) is 24.5 Å². The largest absolute Gasteiger partial charge is 0.372 e. The molecule has 0 N–H and O–H groups in total. The number of hydrogen-bond donors (Lipinski definition) is 0. The average Bonchev–Trinajstić information content (AvgIpc) is 3.38. The van der Waals surface area contributed by atoms with Crippen LogP contribution in [0.1, 0.15) is 45.4 Å². The fourth-order valence-corrected chi connectivity index (χ4v) is 3.97. The third kappa shape index (κ3) is 5.17. The fraction of sp³-hybridized carbons (Fsp3) is 0.895. The predicted octanol–water partition coefficient (Wildman–Crippen LogP) is 1.35. The topological polar surface area (TPSA) is 53.1 Å². The third-order valence-electron chi connectivity index (χ3n) is 5.70. The molecule has 3 fully saturated rings. The van der Waals surface area contributed by atoms with E-state index in [4.69, 9.17) is 4.74 Å². The van der Waals surface area contributed by atoms with Crippen molar-refractivity contribution in [2.75, 3.05) is 52.5 Å². The molecule has 2 heterocycles. The van der Waals surface area contributed by atoms with Gasteiger partial charge >= 0.3 is 0 Å². The molecule has 25 heavy (non-hydrogen) atoms. The highest BCUT2D eigenvalue weighted by Gasteiger charge is 2.39. The van der Waals surface area contributed by atoms with Gasteiger partial charge < -0.3 is 19.4 Å². The Labute approximate surface area is 151 Å². The molecule has 0 radical (unpaired) electrons. The highest BCUT2D eigenvalue weighted by atomic mass is 16.5. The molecule has 2 amide bonds. The molecule has 0 aromatic rings. The second-order valence-electron chi connectivity index (χ2n) is 7.63. The van der Waals surface area contributed by atoms with Crippen LogP contribution in [-0.2, 0) is 14.3 Å². The molecule has 3 aliphatic rings. The first-order valence-corrected chi connectivity index (χ1v) is 10.1. The summed E-state index contributed by atoms with van der Waals surface area (Å²) in [6.07, 6.45) is 6.87. The molecule has 1 unspecified atom stereocenters. The third-order valence-corrected chi connectivity index (χ3v) is 5.70. The molecule has 2 saturated heterocycles. The number of nitrogens with zero attached hydrogens (tertiary/aromatic N) is 3. The Balaban J connectivity index is 1.53. The predicted molar refractivity (Wildman–Crippen MR) is 96.2 cm³/mol. The van der Waals surface area contributed by atoms with Gasteiger partial charge in [0.25, 0.3) is 0 Å². The van der Waals surface area contributed by atoms with Crippen LogP contribution in [0, 0.1) is 5.92 Å². The molecule has 0 bridgehead atoms. The molecule has 0 aromatic carbocycles. The number of ether oxygens (including phenoxy) is 1. The van der Waals surface area contributed by atoms with E-state index in [9.17, 15) is 9.59 Å². The minimum absolute atomic E-state index is 0.0548. The van der Waals surface area contributed by atoms with E-state index in [2.05, 4.69) is 9.80 Å². The highest BCUT2D eigenvalue weighted by Crippen LogP contribution is 2.32. The number of amides is 2. The normalized spacial score (nSPS) is 24.5. The SMILES string of the molecule is CCOCC(=O)N1CCC(N(CCN2CCCCC2)C(=O)C2CC2)C1. The Bertz CT molecular complexity index is 461. The van der Waals surface area contributed by atoms with Crippen LogP contribution in [0.15, 0.2) is 0 Å². The lowest BCUT2D eigenvalue weighted by atomic mass is 10.1. The Morgan fingerprint density at radius 3 is 2.52 bits per heavy atom. The average molecular weight is 351 g/mol. The minimum atomic E-state index is 0.0548. The van der Waals surface area contributed by atoms with Gasteiger partial charge in [-0.2, -0.15) is 0 Å². The molecular formula is C19H33N3O3. The Morgan fingerprint density at radius 2 is 1.84 bits per heavy atom. The van der Waals surface area contributed by atoms with Crippen LogP contribution in [0.2, 0.25) is 0 Å². The summed E-state index contributed by atoms with van der Waals surface area (Å²) in [5, 5.41) is 0. The highest BCUT2D eigenvalue weighted by molar-refractivity contribution is 5.82. The number of hydrogen-bond acceptors (Lipinski definition) is 4. The van der Waals surface area contributed by atoms with Gasteiger partial charge in [0, 0.05) is 38.7 Å². The van der Waals surface area contributed by atoms with Crippen LogP contribution in [0.3, 0.4) is 0 Å². The number of likely N-dealkylation sites (tertiary alicyclic amines) is 2. The van der Waals surface area contributed by atoms with Gasteiger partial charge in [-0.15, -0.1) is 0 Å². The maximum absolute atomic E-state index is 12.8. The number of carbonyl (C=O) groups excluding carboxylic acids is 2. The van der Waals surface area contributed by atoms with Gasteiger partial charge in [-0.25, -0.2) is 0 Å². The fourth-order valence-electron chi connectivity index (χ4n) is 3.97. The summed E-state index contributed by atoms with van der Waals surface area (Å²) in [5.41, 5.74) is 0. The first-order chi connectivity index (χ1) is 12.2. The van der Waals surface area contributed by atoms with E-state index in [1.54, 1.807) is 0 Å². The molecule has 3 rings (SSSR count). The van der Waals surface area contributed by atoms with Gasteiger partial charge in [-0.3, -0.25) is 9.59 Å². The maximum atomic E-state index is 12.8. The molecule has 6 heteroatoms. The van der Waals surface area contributed by atoms with E-state index in [0.29, 0.717) is 19.1 Å². The van der Waals surface area contributed by atoms with Crippen LogP contribution in [-0.4, -0.2) is 85.0 Å². The van der Waals surface area contributed by atoms with Gasteiger partial charge in [0.05, 0.1) is 6.04 Å². The van der Waals surface area contributed by atoms with Crippen LogP contribution >= 0.6 is 0 Å². The van der Waals surface area contributed by atoms with E-state index in [1.807, 2.05) is 11.8 Å². The standard InChI is InChI=1S/C19H33N3O3/c1-2-25-15-18(23)21-11-8-17(14-21)22(19(24)16-6-7-16)13-12-20-9-4-3-5-10-20/h16-17H,2-15H2,1H3. The number of rotatable bonds is 8. The van der Waals surface area contributed by atoms with Gasteiger partial charge in [0.15, 0.2) is 0 Å². The summed E-state index contributed by atoms with van der Waals surface area (Å²) in [4.78, 5) is 31.4. The van der Waals surface area contributed by atoms with E-state index in [1.165, 1.54) is 19.3 Å². The van der Waals surface area contributed by atoms with Crippen LogP contribution < -0.4 is 0 Å². The summed E-state index contributed by atoms with van der Waals surface area (Å²) in [7, 11) is 0. The zero-order valence-electron chi connectivity index (χ0n) is 15.6. The van der Waals surface area contributed by atoms with Crippen molar-refractivity contribution in [3.05, 3.63) is 0 Å². The summed E-state index contributed by atoms with van der Waals surface area (Å²) >= 11 is 0. The van der Waals surface area contributed by atoms with Crippen molar-refractivity contribution in [3.8, 4) is 0 Å². The molecule has 142 valence electrons. The molecule has 1 atom stereocenters. The van der Waals surface area contributed by atoms with E-state index < -0.39 is 0 Å². The first-order valence-electron chi connectivity index (χ1n) is 10.1. The second-order valence-corrected chi connectivity index (χ2v) is 7.63. The van der Waals surface area contributed by atoms with Gasteiger partial charge in [-0.1, -0.05) is 6.42 Å². The smallest absolute Gasteiger partial charge is 0.248 e. The summed E-state index contributed by atoms with van der Waals surface area (Å²) in [5.74, 6) is 0.620. The molecular weight excluding hydrogens is 318 g/mol. The Morgan fingerprint density at radius 1 is 1.08 bits per heavy atom. The van der Waals surface area contributed by atoms with Crippen LogP contribution in [0.5, 0.6) is 0 Å². The van der Waals surface area contributed by atoms with Crippen molar-refractivity contribution in [1.29, 1.82) is 0 Å². The van der Waals surface area contributed by atoms with Gasteiger partial charge in [-0.05, 0) is 52.1 Å². The summed E-state index contributed by atoms with van der Waals surface area (Å²) in [6.45, 7) is 8.15. The molecule has 0 spiro atoms. The van der Waals surface area contributed by atoms with Crippen LogP contribution in [0.25, 0.3) is 0 Å². The van der Waals surface area contributed by atoms with Crippen molar-refractivity contribution in [1.82, 2.24) is 14.7 Å². The minimum Gasteiger partial charge on any atom is -0.372 e. The van der Waals surface area contributed by atoms with Crippen molar-refractivity contribution >= 4 is 11.8 Å². The van der Waals surface area contributed by atoms with Crippen molar-refractivity contribution < 1.29 is 14.3 Å². The monoisotopic (exact) mass is 351 g/mol. The lowest BCUT2D eigenvalue weighted by Gasteiger charge is -2.33. The van der Waals surface area contributed by atoms with E-state index in [0.717, 1.165) is 52.0 Å². The van der Waals surface area contributed by atoms with E-state index >= 15 is 0 Å². The summed E-state index contributed by atoms with van der Waals surface area (Å²) < 4.78 is 5.25. The lowest BCUT2D eigenvalue weighted by Crippen LogP contribution is -2.47. The molecule has 6 nitrogen and oxygen atoms in total. The Hall–Kier alpha value is -1.14.